The van der Waals surface area contributed by atoms with E-state index in [1.165, 1.54) is 12.5 Å². The predicted molar refractivity (Wildman–Crippen MR) is 81.3 cm³/mol. The van der Waals surface area contributed by atoms with E-state index < -0.39 is 40.8 Å². The number of carbonyl (C=O) groups is 2. The summed E-state index contributed by atoms with van der Waals surface area (Å²) < 4.78 is 31.1. The van der Waals surface area contributed by atoms with Crippen molar-refractivity contribution in [1.82, 2.24) is 14.6 Å². The van der Waals surface area contributed by atoms with Crippen LogP contribution in [-0.4, -0.2) is 70.7 Å². The van der Waals surface area contributed by atoms with Crippen LogP contribution in [-0.2, 0) is 24.7 Å². The molecule has 1 aliphatic heterocycles. The Bertz CT molecular complexity index is 789. The number of aromatic nitrogens is 1. The molecule has 2 amide bonds. The summed E-state index contributed by atoms with van der Waals surface area (Å²) in [6.45, 7) is -0.795. The number of hydrogen-bond acceptors (Lipinski definition) is 10. The summed E-state index contributed by atoms with van der Waals surface area (Å²) in [7, 11) is -3.65. The molecule has 1 aliphatic rings. The maximum atomic E-state index is 12.2. The molecule has 1 aromatic rings. The first-order valence-electron chi connectivity index (χ1n) is 6.25. The highest BCUT2D eigenvalue weighted by molar-refractivity contribution is 7.84. The van der Waals surface area contributed by atoms with E-state index in [1.54, 1.807) is 0 Å². The molecule has 0 radical (unpaired) electrons. The normalized spacial score (nSPS) is 21.4. The quantitative estimate of drug-likeness (QED) is 0.180. The van der Waals surface area contributed by atoms with Crippen molar-refractivity contribution >= 4 is 44.3 Å². The van der Waals surface area contributed by atoms with Gasteiger partial charge in [-0.2, -0.15) is 8.42 Å². The predicted octanol–water partition coefficient (Wildman–Crippen LogP) is -2.43. The van der Waals surface area contributed by atoms with Gasteiger partial charge in [-0.25, -0.2) is 9.29 Å². The Morgan fingerprint density at radius 2 is 2.29 bits per heavy atom. The maximum absolute atomic E-state index is 12.2. The SMILES string of the molecule is CON=C(C(=O)N[C@@H]1C(=O)N(S(=O)(=O)O)[C@@H]1CO)c1csc(N)n1. The molecule has 0 saturated carbocycles. The number of rotatable bonds is 6. The number of nitrogen functional groups attached to an aromatic ring is 1. The molecule has 2 rings (SSSR count). The van der Waals surface area contributed by atoms with Crippen LogP contribution in [0.2, 0.25) is 0 Å². The largest absolute Gasteiger partial charge is 0.398 e. The Kier molecular flexibility index (Phi) is 5.02. The molecule has 0 bridgehead atoms. The number of aliphatic hydroxyl groups excluding tert-OH is 1. The molecule has 1 fully saturated rings. The number of nitrogens with zero attached hydrogens (tertiary/aromatic N) is 3. The number of β-lactam (4-membered cyclic amide) rings is 1. The van der Waals surface area contributed by atoms with E-state index >= 15 is 0 Å². The van der Waals surface area contributed by atoms with Gasteiger partial charge in [-0.05, 0) is 0 Å². The number of amides is 2. The number of nitrogens with one attached hydrogen (secondary N) is 1. The minimum absolute atomic E-state index is 0.0753. The Hall–Kier alpha value is -2.29. The maximum Gasteiger partial charge on any atom is 0.362 e. The summed E-state index contributed by atoms with van der Waals surface area (Å²) in [5.41, 5.74) is 5.28. The van der Waals surface area contributed by atoms with Crippen LogP contribution < -0.4 is 11.1 Å². The van der Waals surface area contributed by atoms with Crippen LogP contribution in [0.25, 0.3) is 0 Å². The third kappa shape index (κ3) is 3.30. The highest BCUT2D eigenvalue weighted by Gasteiger charge is 2.53. The third-order valence-corrected chi connectivity index (χ3v) is 4.68. The second-order valence-electron chi connectivity index (χ2n) is 4.51. The van der Waals surface area contributed by atoms with Gasteiger partial charge in [0.15, 0.2) is 10.8 Å². The summed E-state index contributed by atoms with van der Waals surface area (Å²) in [4.78, 5) is 32.4. The molecular formula is C10H13N5O7S2. The van der Waals surface area contributed by atoms with Gasteiger partial charge in [0.2, 0.25) is 0 Å². The van der Waals surface area contributed by atoms with Gasteiger partial charge >= 0.3 is 10.3 Å². The Balaban J connectivity index is 2.19. The fraction of sp³-hybridized carbons (Fsp3) is 0.400. The molecule has 1 aromatic heterocycles. The van der Waals surface area contributed by atoms with Gasteiger partial charge in [0.05, 0.1) is 6.61 Å². The molecule has 0 spiro atoms. The molecule has 0 aliphatic carbocycles. The number of nitrogens with two attached hydrogens (primary N) is 1. The molecular weight excluding hydrogens is 366 g/mol. The second-order valence-corrected chi connectivity index (χ2v) is 6.69. The monoisotopic (exact) mass is 379 g/mol. The van der Waals surface area contributed by atoms with Gasteiger partial charge in [0.25, 0.3) is 11.8 Å². The minimum atomic E-state index is -4.83. The number of oxime groups is 1. The molecule has 5 N–H and O–H groups in total. The second kappa shape index (κ2) is 6.68. The zero-order valence-electron chi connectivity index (χ0n) is 12.1. The average Bonchev–Trinajstić information content (AvgIpc) is 2.91. The standard InChI is InChI=1S/C10H13N5O7S2/c1-22-14-6(4-3-23-10(11)12-4)8(17)13-7-5(2-16)15(9(7)18)24(19,20)21/h3,5,7,16H,2H2,1H3,(H2,11,12)(H,13,17)(H,19,20,21)/t5-,7+/m1/s1. The van der Waals surface area contributed by atoms with Gasteiger partial charge in [-0.15, -0.1) is 11.3 Å². The highest BCUT2D eigenvalue weighted by Crippen LogP contribution is 2.23. The smallest absolute Gasteiger partial charge is 0.362 e. The minimum Gasteiger partial charge on any atom is -0.398 e. The van der Waals surface area contributed by atoms with Gasteiger partial charge in [-0.3, -0.25) is 14.1 Å². The van der Waals surface area contributed by atoms with Crippen LogP contribution in [0.5, 0.6) is 0 Å². The van der Waals surface area contributed by atoms with Crippen LogP contribution >= 0.6 is 11.3 Å². The third-order valence-electron chi connectivity index (χ3n) is 3.05. The molecule has 14 heteroatoms. The summed E-state index contributed by atoms with van der Waals surface area (Å²) in [6.07, 6.45) is 0. The summed E-state index contributed by atoms with van der Waals surface area (Å²) >= 11 is 1.05. The van der Waals surface area contributed by atoms with Crippen molar-refractivity contribution in [3.8, 4) is 0 Å². The van der Waals surface area contributed by atoms with Crippen LogP contribution in [0.4, 0.5) is 5.13 Å². The molecule has 1 saturated heterocycles. The van der Waals surface area contributed by atoms with Gasteiger partial charge in [-0.1, -0.05) is 5.16 Å². The molecule has 2 heterocycles. The molecule has 12 nitrogen and oxygen atoms in total. The van der Waals surface area contributed by atoms with Crippen LogP contribution in [0.1, 0.15) is 5.69 Å². The van der Waals surface area contributed by atoms with Crippen LogP contribution in [0, 0.1) is 0 Å². The highest BCUT2D eigenvalue weighted by atomic mass is 32.2. The average molecular weight is 379 g/mol. The Labute approximate surface area is 139 Å². The first-order chi connectivity index (χ1) is 11.2. The summed E-state index contributed by atoms with van der Waals surface area (Å²) in [5, 5.41) is 16.5. The first-order valence-corrected chi connectivity index (χ1v) is 8.53. The zero-order valence-corrected chi connectivity index (χ0v) is 13.7. The number of aliphatic hydroxyl groups is 1. The van der Waals surface area contributed by atoms with E-state index in [-0.39, 0.29) is 20.8 Å². The van der Waals surface area contributed by atoms with Crippen molar-refractivity contribution in [2.75, 3.05) is 19.5 Å². The van der Waals surface area contributed by atoms with Crippen molar-refractivity contribution < 1.29 is 32.5 Å². The Morgan fingerprint density at radius 3 is 2.75 bits per heavy atom. The zero-order chi connectivity index (χ0) is 18.1. The lowest BCUT2D eigenvalue weighted by Gasteiger charge is -2.43. The summed E-state index contributed by atoms with van der Waals surface area (Å²) in [5.74, 6) is -1.99. The number of carbonyl (C=O) groups excluding carboxylic acids is 2. The number of anilines is 1. The molecule has 24 heavy (non-hydrogen) atoms. The van der Waals surface area contributed by atoms with E-state index in [0.717, 1.165) is 11.3 Å². The van der Waals surface area contributed by atoms with Crippen molar-refractivity contribution in [2.24, 2.45) is 5.16 Å². The fourth-order valence-electron chi connectivity index (χ4n) is 2.04. The number of hydrogen-bond donors (Lipinski definition) is 4. The van der Waals surface area contributed by atoms with E-state index in [9.17, 15) is 23.1 Å². The van der Waals surface area contributed by atoms with Crippen molar-refractivity contribution in [3.05, 3.63) is 11.1 Å². The lowest BCUT2D eigenvalue weighted by molar-refractivity contribution is -0.146. The fourth-order valence-corrected chi connectivity index (χ4v) is 3.46. The van der Waals surface area contributed by atoms with E-state index in [2.05, 4.69) is 20.3 Å². The number of thiazole rings is 1. The van der Waals surface area contributed by atoms with Crippen molar-refractivity contribution in [3.63, 3.8) is 0 Å². The van der Waals surface area contributed by atoms with Crippen molar-refractivity contribution in [2.45, 2.75) is 12.1 Å². The van der Waals surface area contributed by atoms with Crippen LogP contribution in [0.15, 0.2) is 10.5 Å². The van der Waals surface area contributed by atoms with Crippen LogP contribution in [0.3, 0.4) is 0 Å². The molecule has 2 atom stereocenters. The van der Waals surface area contributed by atoms with Gasteiger partial charge < -0.3 is 21.0 Å². The Morgan fingerprint density at radius 1 is 1.62 bits per heavy atom. The molecule has 132 valence electrons. The first kappa shape index (κ1) is 18.1. The van der Waals surface area contributed by atoms with Gasteiger partial charge in [0.1, 0.15) is 24.9 Å². The lowest BCUT2D eigenvalue weighted by Crippen LogP contribution is -2.73. The van der Waals surface area contributed by atoms with E-state index in [1.807, 2.05) is 0 Å². The van der Waals surface area contributed by atoms with E-state index in [4.69, 9.17) is 10.3 Å². The van der Waals surface area contributed by atoms with Gasteiger partial charge in [0, 0.05) is 5.38 Å². The van der Waals surface area contributed by atoms with Crippen molar-refractivity contribution in [1.29, 1.82) is 0 Å². The lowest BCUT2D eigenvalue weighted by atomic mass is 9.99. The topological polar surface area (TPSA) is 185 Å². The molecule has 0 aromatic carbocycles. The molecule has 0 unspecified atom stereocenters. The summed E-state index contributed by atoms with van der Waals surface area (Å²) in [6, 6.07) is -2.69. The van der Waals surface area contributed by atoms with E-state index in [0.29, 0.717) is 0 Å².